The molecule has 0 fully saturated rings. The first-order valence-corrected chi connectivity index (χ1v) is 17.2. The number of hydrogen-bond donors (Lipinski definition) is 3. The Morgan fingerprint density at radius 1 is 1.07 bits per heavy atom. The minimum Gasteiger partial charge on any atom is -0.497 e. The normalized spacial score (nSPS) is 17.7. The second-order valence-electron chi connectivity index (χ2n) is 11.2. The monoisotopic (exact) mass is 629 g/mol. The summed E-state index contributed by atoms with van der Waals surface area (Å²) < 4.78 is 58.8. The second kappa shape index (κ2) is 13.6. The number of ether oxygens (including phenoxy) is 1. The van der Waals surface area contributed by atoms with Gasteiger partial charge in [-0.25, -0.2) is 16.8 Å². The number of sulfonamides is 1. The van der Waals surface area contributed by atoms with Crippen LogP contribution in [0.5, 0.6) is 5.75 Å². The van der Waals surface area contributed by atoms with Crippen LogP contribution in [0, 0.1) is 5.92 Å². The van der Waals surface area contributed by atoms with Crippen LogP contribution in [-0.4, -0.2) is 70.3 Å². The van der Waals surface area contributed by atoms with Crippen molar-refractivity contribution in [3.8, 4) is 5.75 Å². The number of methoxy groups -OCH3 is 1. The van der Waals surface area contributed by atoms with Crippen LogP contribution in [0.25, 0.3) is 0 Å². The van der Waals surface area contributed by atoms with Crippen LogP contribution in [0.1, 0.15) is 47.8 Å². The topological polar surface area (TPSA) is 156 Å². The maximum atomic E-state index is 13.7. The lowest BCUT2D eigenvalue weighted by Gasteiger charge is -2.31. The van der Waals surface area contributed by atoms with E-state index in [1.165, 1.54) is 41.7 Å². The summed E-state index contributed by atoms with van der Waals surface area (Å²) in [6.45, 7) is 3.65. The number of hydrogen-bond acceptors (Lipinski definition) is 8. The minimum absolute atomic E-state index is 0.0432. The Balaban J connectivity index is 1.62. The van der Waals surface area contributed by atoms with E-state index >= 15 is 0 Å². The van der Waals surface area contributed by atoms with Gasteiger partial charge in [0, 0.05) is 24.7 Å². The van der Waals surface area contributed by atoms with Crippen molar-refractivity contribution in [2.45, 2.75) is 54.7 Å². The molecule has 4 rings (SSSR count). The summed E-state index contributed by atoms with van der Waals surface area (Å²) in [4.78, 5) is 13.7. The molecule has 1 aliphatic heterocycles. The zero-order chi connectivity index (χ0) is 31.4. The van der Waals surface area contributed by atoms with E-state index in [0.29, 0.717) is 11.3 Å². The number of aliphatic hydroxyl groups excluding tert-OH is 1. The standard InChI is InChI=1S/C31H39N3O7S2/c1-21(2)19-34(43(39,40)25-12-10-24(41-3)11-13-25)20-29(35)28(17-22-7-5-4-6-8-22)33-31(36)23-9-14-30-26(18-23)27(32)15-16-42(30,37)38/h4-14,18,21,27-29,35H,15-17,19-20,32H2,1-3H3,(H,33,36)/t27-,28-,29+/m0/s1. The first-order chi connectivity index (χ1) is 20.3. The van der Waals surface area contributed by atoms with Crippen LogP contribution in [0.15, 0.2) is 82.6 Å². The number of carbonyl (C=O) groups is 1. The van der Waals surface area contributed by atoms with Crippen LogP contribution in [0.3, 0.4) is 0 Å². The first-order valence-electron chi connectivity index (χ1n) is 14.1. The Kier molecular flexibility index (Phi) is 10.3. The van der Waals surface area contributed by atoms with Gasteiger partial charge in [0.25, 0.3) is 5.91 Å². The molecule has 0 aliphatic carbocycles. The molecule has 1 aliphatic rings. The van der Waals surface area contributed by atoms with E-state index in [9.17, 15) is 26.7 Å². The number of nitrogens with one attached hydrogen (secondary N) is 1. The molecule has 0 spiro atoms. The Hall–Kier alpha value is -3.29. The largest absolute Gasteiger partial charge is 0.497 e. The number of nitrogens with two attached hydrogens (primary N) is 1. The Bertz CT molecular complexity index is 1630. The van der Waals surface area contributed by atoms with Gasteiger partial charge in [-0.1, -0.05) is 44.2 Å². The molecule has 10 nitrogen and oxygen atoms in total. The number of benzene rings is 3. The lowest BCUT2D eigenvalue weighted by molar-refractivity contribution is 0.0775. The van der Waals surface area contributed by atoms with Crippen LogP contribution in [-0.2, 0) is 26.3 Å². The molecule has 0 unspecified atom stereocenters. The zero-order valence-electron chi connectivity index (χ0n) is 24.5. The van der Waals surface area contributed by atoms with Crippen molar-refractivity contribution in [3.63, 3.8) is 0 Å². The predicted molar refractivity (Wildman–Crippen MR) is 164 cm³/mol. The third kappa shape index (κ3) is 7.81. The minimum atomic E-state index is -4.00. The molecular weight excluding hydrogens is 590 g/mol. The molecule has 1 amide bonds. The van der Waals surface area contributed by atoms with E-state index < -0.39 is 44.0 Å². The van der Waals surface area contributed by atoms with E-state index in [1.807, 2.05) is 44.2 Å². The van der Waals surface area contributed by atoms with Crippen LogP contribution >= 0.6 is 0 Å². The molecule has 0 saturated heterocycles. The number of carbonyl (C=O) groups excluding carboxylic acids is 1. The summed E-state index contributed by atoms with van der Waals surface area (Å²) in [6.07, 6.45) is -0.800. The van der Waals surface area contributed by atoms with E-state index in [-0.39, 0.29) is 53.0 Å². The number of amides is 1. The highest BCUT2D eigenvalue weighted by atomic mass is 32.2. The van der Waals surface area contributed by atoms with Crippen molar-refractivity contribution >= 4 is 25.8 Å². The van der Waals surface area contributed by atoms with Gasteiger partial charge < -0.3 is 20.9 Å². The van der Waals surface area contributed by atoms with Gasteiger partial charge in [0.2, 0.25) is 10.0 Å². The fourth-order valence-corrected chi connectivity index (χ4v) is 8.37. The van der Waals surface area contributed by atoms with Gasteiger partial charge in [0.1, 0.15) is 5.75 Å². The molecule has 3 aromatic rings. The lowest BCUT2D eigenvalue weighted by atomic mass is 9.99. The quantitative estimate of drug-likeness (QED) is 0.276. The van der Waals surface area contributed by atoms with E-state index in [4.69, 9.17) is 10.5 Å². The molecular formula is C31H39N3O7S2. The molecule has 3 aromatic carbocycles. The average Bonchev–Trinajstić information content (AvgIpc) is 2.98. The van der Waals surface area contributed by atoms with Gasteiger partial charge in [-0.3, -0.25) is 4.79 Å². The molecule has 12 heteroatoms. The van der Waals surface area contributed by atoms with Gasteiger partial charge in [0.15, 0.2) is 9.84 Å². The molecule has 0 bridgehead atoms. The van der Waals surface area contributed by atoms with E-state index in [0.717, 1.165) is 5.56 Å². The third-order valence-electron chi connectivity index (χ3n) is 7.44. The van der Waals surface area contributed by atoms with Crippen molar-refractivity contribution in [3.05, 3.63) is 89.5 Å². The third-order valence-corrected chi connectivity index (χ3v) is 11.1. The summed E-state index contributed by atoms with van der Waals surface area (Å²) in [6, 6.07) is 18.2. The smallest absolute Gasteiger partial charge is 0.251 e. The zero-order valence-corrected chi connectivity index (χ0v) is 26.1. The number of nitrogens with zero attached hydrogens (tertiary/aromatic N) is 1. The highest BCUT2D eigenvalue weighted by Gasteiger charge is 2.33. The summed E-state index contributed by atoms with van der Waals surface area (Å²) in [5, 5.41) is 14.4. The summed E-state index contributed by atoms with van der Waals surface area (Å²) in [5.74, 6) is -0.116. The molecule has 0 saturated carbocycles. The van der Waals surface area contributed by atoms with Crippen molar-refractivity contribution < 1.29 is 31.5 Å². The Morgan fingerprint density at radius 2 is 1.74 bits per heavy atom. The van der Waals surface area contributed by atoms with E-state index in [2.05, 4.69) is 5.32 Å². The summed E-state index contributed by atoms with van der Waals surface area (Å²) in [5.41, 5.74) is 7.59. The van der Waals surface area contributed by atoms with Crippen LogP contribution in [0.4, 0.5) is 0 Å². The predicted octanol–water partition coefficient (Wildman–Crippen LogP) is 2.92. The number of rotatable bonds is 12. The molecule has 232 valence electrons. The van der Waals surface area contributed by atoms with Crippen molar-refractivity contribution in [2.75, 3.05) is 26.0 Å². The maximum absolute atomic E-state index is 13.7. The van der Waals surface area contributed by atoms with Gasteiger partial charge >= 0.3 is 0 Å². The van der Waals surface area contributed by atoms with Gasteiger partial charge in [-0.05, 0) is 72.4 Å². The second-order valence-corrected chi connectivity index (χ2v) is 15.2. The first kappa shape index (κ1) is 32.6. The molecule has 0 radical (unpaired) electrons. The highest BCUT2D eigenvalue weighted by Crippen LogP contribution is 2.31. The molecule has 43 heavy (non-hydrogen) atoms. The fraction of sp³-hybridized carbons (Fsp3) is 0.387. The SMILES string of the molecule is COc1ccc(S(=O)(=O)N(CC(C)C)C[C@@H](O)[C@H](Cc2ccccc2)NC(=O)c2ccc3c(c2)[C@@H](N)CCS3(=O)=O)cc1. The van der Waals surface area contributed by atoms with Crippen molar-refractivity contribution in [2.24, 2.45) is 11.7 Å². The lowest BCUT2D eigenvalue weighted by Crippen LogP contribution is -2.51. The molecule has 4 N–H and O–H groups in total. The van der Waals surface area contributed by atoms with Gasteiger partial charge in [0.05, 0.1) is 34.8 Å². The number of aliphatic hydroxyl groups is 1. The van der Waals surface area contributed by atoms with Crippen LogP contribution in [0.2, 0.25) is 0 Å². The van der Waals surface area contributed by atoms with Crippen molar-refractivity contribution in [1.29, 1.82) is 0 Å². The fourth-order valence-electron chi connectivity index (χ4n) is 5.12. The number of sulfone groups is 1. The summed E-state index contributed by atoms with van der Waals surface area (Å²) >= 11 is 0. The Morgan fingerprint density at radius 3 is 2.37 bits per heavy atom. The van der Waals surface area contributed by atoms with Gasteiger partial charge in [-0.2, -0.15) is 4.31 Å². The Labute approximate surface area is 253 Å². The molecule has 1 heterocycles. The highest BCUT2D eigenvalue weighted by molar-refractivity contribution is 7.91. The maximum Gasteiger partial charge on any atom is 0.251 e. The number of fused-ring (bicyclic) bond motifs is 1. The summed E-state index contributed by atoms with van der Waals surface area (Å²) in [7, 11) is -5.98. The average molecular weight is 630 g/mol. The van der Waals surface area contributed by atoms with E-state index in [1.54, 1.807) is 12.1 Å². The molecule has 3 atom stereocenters. The van der Waals surface area contributed by atoms with Gasteiger partial charge in [-0.15, -0.1) is 0 Å². The van der Waals surface area contributed by atoms with Crippen molar-refractivity contribution in [1.82, 2.24) is 9.62 Å². The van der Waals surface area contributed by atoms with Crippen LogP contribution < -0.4 is 15.8 Å². The molecule has 0 aromatic heterocycles.